The third-order valence-electron chi connectivity index (χ3n) is 2.34. The van der Waals surface area contributed by atoms with E-state index in [9.17, 15) is 0 Å². The van der Waals surface area contributed by atoms with E-state index in [2.05, 4.69) is 15.3 Å². The van der Waals surface area contributed by atoms with Gasteiger partial charge in [0.2, 0.25) is 0 Å². The van der Waals surface area contributed by atoms with Crippen LogP contribution in [0.4, 0.5) is 5.82 Å². The lowest BCUT2D eigenvalue weighted by atomic mass is 10.3. The van der Waals surface area contributed by atoms with Crippen LogP contribution in [0.15, 0.2) is 17.4 Å². The molecule has 1 N–H and O–H groups in total. The maximum Gasteiger partial charge on any atom is 0.130 e. The number of anilines is 1. The first kappa shape index (κ1) is 10.7. The van der Waals surface area contributed by atoms with Crippen LogP contribution in [-0.2, 0) is 4.74 Å². The normalized spacial score (nSPS) is 20.5. The van der Waals surface area contributed by atoms with Gasteiger partial charge in [0.05, 0.1) is 6.10 Å². The molecule has 1 aromatic rings. The molecular weight excluding hydrogens is 210 g/mol. The molecule has 0 radical (unpaired) electrons. The predicted molar refractivity (Wildman–Crippen MR) is 61.3 cm³/mol. The van der Waals surface area contributed by atoms with Gasteiger partial charge in [0.1, 0.15) is 17.2 Å². The van der Waals surface area contributed by atoms with Gasteiger partial charge in [-0.05, 0) is 12.8 Å². The Kier molecular flexibility index (Phi) is 3.80. The molecule has 0 spiro atoms. The molecule has 5 heteroatoms. The van der Waals surface area contributed by atoms with Crippen LogP contribution in [0.3, 0.4) is 0 Å². The van der Waals surface area contributed by atoms with Gasteiger partial charge in [-0.25, -0.2) is 9.97 Å². The van der Waals surface area contributed by atoms with Crippen molar-refractivity contribution < 1.29 is 4.74 Å². The Bertz CT molecular complexity index is 315. The van der Waals surface area contributed by atoms with Crippen molar-refractivity contribution in [2.75, 3.05) is 24.7 Å². The fourth-order valence-corrected chi connectivity index (χ4v) is 2.45. The molecule has 1 fully saturated rings. The maximum atomic E-state index is 5.55. The minimum absolute atomic E-state index is 0.406. The van der Waals surface area contributed by atoms with Crippen molar-refractivity contribution in [3.8, 4) is 0 Å². The smallest absolute Gasteiger partial charge is 0.130 e. The summed E-state index contributed by atoms with van der Waals surface area (Å²) in [5.74, 6) is 1.85. The highest BCUT2D eigenvalue weighted by molar-refractivity contribution is 7.99. The molecule has 82 valence electrons. The molecule has 1 aliphatic rings. The first-order chi connectivity index (χ1) is 7.38. The highest BCUT2D eigenvalue weighted by atomic mass is 32.2. The molecule has 1 aromatic heterocycles. The van der Waals surface area contributed by atoms with Crippen LogP contribution < -0.4 is 5.32 Å². The van der Waals surface area contributed by atoms with E-state index in [0.29, 0.717) is 6.10 Å². The molecular formula is C10H15N3OS. The molecule has 0 aliphatic carbocycles. The summed E-state index contributed by atoms with van der Waals surface area (Å²) in [6.45, 7) is 0.913. The monoisotopic (exact) mass is 225 g/mol. The third kappa shape index (κ3) is 3.07. The predicted octanol–water partition coefficient (Wildman–Crippen LogP) is 1.79. The van der Waals surface area contributed by atoms with Crippen LogP contribution >= 0.6 is 11.8 Å². The fraction of sp³-hybridized carbons (Fsp3) is 0.600. The highest BCUT2D eigenvalue weighted by Crippen LogP contribution is 2.22. The Balaban J connectivity index is 1.86. The molecule has 0 bridgehead atoms. The molecule has 0 amide bonds. The summed E-state index contributed by atoms with van der Waals surface area (Å²) >= 11 is 1.73. The van der Waals surface area contributed by atoms with Crippen LogP contribution in [-0.4, -0.2) is 35.5 Å². The van der Waals surface area contributed by atoms with Gasteiger partial charge in [-0.2, -0.15) is 0 Å². The molecule has 1 atom stereocenters. The summed E-state index contributed by atoms with van der Waals surface area (Å²) in [6, 6.07) is 1.96. The molecule has 4 nitrogen and oxygen atoms in total. The summed E-state index contributed by atoms with van der Waals surface area (Å²) < 4.78 is 5.55. The van der Waals surface area contributed by atoms with Gasteiger partial charge in [0.25, 0.3) is 0 Å². The van der Waals surface area contributed by atoms with Gasteiger partial charge >= 0.3 is 0 Å². The zero-order valence-corrected chi connectivity index (χ0v) is 9.59. The second-order valence-electron chi connectivity index (χ2n) is 3.44. The summed E-state index contributed by atoms with van der Waals surface area (Å²) in [5.41, 5.74) is 0. The average Bonchev–Trinajstić information content (AvgIpc) is 2.79. The Morgan fingerprint density at radius 1 is 1.60 bits per heavy atom. The molecule has 0 saturated carbocycles. The van der Waals surface area contributed by atoms with E-state index in [1.807, 2.05) is 13.1 Å². The Hall–Kier alpha value is -0.810. The SMILES string of the molecule is CNc1cc(SCC2CCCO2)ncn1. The minimum atomic E-state index is 0.406. The summed E-state index contributed by atoms with van der Waals surface area (Å²) in [6.07, 6.45) is 4.36. The van der Waals surface area contributed by atoms with Crippen LogP contribution in [0, 0.1) is 0 Å². The van der Waals surface area contributed by atoms with Crippen molar-refractivity contribution in [1.29, 1.82) is 0 Å². The number of aromatic nitrogens is 2. The number of ether oxygens (including phenoxy) is 1. The van der Waals surface area contributed by atoms with Crippen LogP contribution in [0.2, 0.25) is 0 Å². The van der Waals surface area contributed by atoms with E-state index in [0.717, 1.165) is 23.2 Å². The molecule has 1 aliphatic heterocycles. The van der Waals surface area contributed by atoms with Gasteiger partial charge in [-0.15, -0.1) is 11.8 Å². The van der Waals surface area contributed by atoms with E-state index < -0.39 is 0 Å². The first-order valence-electron chi connectivity index (χ1n) is 5.12. The van der Waals surface area contributed by atoms with Gasteiger partial charge in [0, 0.05) is 25.5 Å². The van der Waals surface area contributed by atoms with Crippen LogP contribution in [0.25, 0.3) is 0 Å². The summed E-state index contributed by atoms with van der Waals surface area (Å²) in [4.78, 5) is 8.28. The average molecular weight is 225 g/mol. The van der Waals surface area contributed by atoms with E-state index in [-0.39, 0.29) is 0 Å². The third-order valence-corrected chi connectivity index (χ3v) is 3.40. The standard InChI is InChI=1S/C10H15N3OS/c1-11-9-5-10(13-7-12-9)15-6-8-3-2-4-14-8/h5,7-8H,2-4,6H2,1H3,(H,11,12,13). The van der Waals surface area contributed by atoms with E-state index >= 15 is 0 Å². The zero-order valence-electron chi connectivity index (χ0n) is 8.77. The Morgan fingerprint density at radius 2 is 2.53 bits per heavy atom. The Labute approximate surface area is 93.8 Å². The fourth-order valence-electron chi connectivity index (χ4n) is 1.51. The van der Waals surface area contributed by atoms with E-state index in [1.165, 1.54) is 12.8 Å². The molecule has 1 unspecified atom stereocenters. The van der Waals surface area contributed by atoms with Crippen molar-refractivity contribution in [3.05, 3.63) is 12.4 Å². The van der Waals surface area contributed by atoms with Gasteiger partial charge in [-0.1, -0.05) is 0 Å². The molecule has 0 aromatic carbocycles. The summed E-state index contributed by atoms with van der Waals surface area (Å²) in [7, 11) is 1.86. The lowest BCUT2D eigenvalue weighted by molar-refractivity contribution is 0.129. The molecule has 1 saturated heterocycles. The van der Waals surface area contributed by atoms with E-state index in [4.69, 9.17) is 4.74 Å². The van der Waals surface area contributed by atoms with Crippen LogP contribution in [0.5, 0.6) is 0 Å². The lowest BCUT2D eigenvalue weighted by Gasteiger charge is -2.08. The number of rotatable bonds is 4. The minimum Gasteiger partial charge on any atom is -0.377 e. The molecule has 2 rings (SSSR count). The number of thioether (sulfide) groups is 1. The number of nitrogens with zero attached hydrogens (tertiary/aromatic N) is 2. The second-order valence-corrected chi connectivity index (χ2v) is 4.48. The quantitative estimate of drug-likeness (QED) is 0.625. The van der Waals surface area contributed by atoms with Gasteiger partial charge in [-0.3, -0.25) is 0 Å². The second kappa shape index (κ2) is 5.32. The van der Waals surface area contributed by atoms with Crippen molar-refractivity contribution in [3.63, 3.8) is 0 Å². The first-order valence-corrected chi connectivity index (χ1v) is 6.11. The number of nitrogens with one attached hydrogen (secondary N) is 1. The molecule has 15 heavy (non-hydrogen) atoms. The number of hydrogen-bond donors (Lipinski definition) is 1. The molecule has 2 heterocycles. The van der Waals surface area contributed by atoms with Crippen LogP contribution in [0.1, 0.15) is 12.8 Å². The lowest BCUT2D eigenvalue weighted by Crippen LogP contribution is -2.08. The number of hydrogen-bond acceptors (Lipinski definition) is 5. The zero-order chi connectivity index (χ0) is 10.5. The van der Waals surface area contributed by atoms with Crippen molar-refractivity contribution in [2.45, 2.75) is 24.0 Å². The maximum absolute atomic E-state index is 5.55. The van der Waals surface area contributed by atoms with E-state index in [1.54, 1.807) is 18.1 Å². The summed E-state index contributed by atoms with van der Waals surface area (Å²) in [5, 5.41) is 4.00. The van der Waals surface area contributed by atoms with Gasteiger partial charge in [0.15, 0.2) is 0 Å². The highest BCUT2D eigenvalue weighted by Gasteiger charge is 2.15. The Morgan fingerprint density at radius 3 is 3.27 bits per heavy atom. The van der Waals surface area contributed by atoms with Crippen molar-refractivity contribution in [1.82, 2.24) is 9.97 Å². The van der Waals surface area contributed by atoms with Crippen molar-refractivity contribution >= 4 is 17.6 Å². The topological polar surface area (TPSA) is 47.0 Å². The van der Waals surface area contributed by atoms with Crippen molar-refractivity contribution in [2.24, 2.45) is 0 Å². The van der Waals surface area contributed by atoms with Gasteiger partial charge < -0.3 is 10.1 Å². The largest absolute Gasteiger partial charge is 0.377 e.